The molecule has 39 heavy (non-hydrogen) atoms. The molecule has 1 amide bonds. The third-order valence-electron chi connectivity index (χ3n) is 7.27. The summed E-state index contributed by atoms with van der Waals surface area (Å²) in [6, 6.07) is 9.35. The Kier molecular flexibility index (Phi) is 7.41. The number of rotatable bonds is 7. The number of aryl methyl sites for hydroxylation is 1. The molecule has 2 aromatic heterocycles. The zero-order valence-electron chi connectivity index (χ0n) is 22.5. The Bertz CT molecular complexity index is 1500. The Morgan fingerprint density at radius 1 is 1.15 bits per heavy atom. The number of likely N-dealkylation sites (tertiary alicyclic amines) is 1. The maximum Gasteiger partial charge on any atom is 0.254 e. The van der Waals surface area contributed by atoms with E-state index in [4.69, 9.17) is 9.72 Å². The van der Waals surface area contributed by atoms with E-state index >= 15 is 0 Å². The number of ether oxygens (including phenoxy) is 1. The fourth-order valence-corrected chi connectivity index (χ4v) is 5.77. The number of anilines is 3. The average molecular weight is 552 g/mol. The summed E-state index contributed by atoms with van der Waals surface area (Å²) in [5.41, 5.74) is 4.48. The summed E-state index contributed by atoms with van der Waals surface area (Å²) in [5.74, 6) is 1.37. The Labute approximate surface area is 228 Å². The van der Waals surface area contributed by atoms with Crippen molar-refractivity contribution in [3.05, 3.63) is 65.1 Å². The molecule has 1 fully saturated rings. The van der Waals surface area contributed by atoms with Crippen molar-refractivity contribution in [2.75, 3.05) is 29.9 Å². The van der Waals surface area contributed by atoms with Gasteiger partial charge in [0.2, 0.25) is 16.0 Å². The Morgan fingerprint density at radius 2 is 1.97 bits per heavy atom. The van der Waals surface area contributed by atoms with Crippen LogP contribution >= 0.6 is 0 Å². The first-order valence-electron chi connectivity index (χ1n) is 12.8. The maximum absolute atomic E-state index is 13.3. The lowest BCUT2D eigenvalue weighted by Gasteiger charge is -2.41. The Hall–Kier alpha value is -3.77. The van der Waals surface area contributed by atoms with Crippen LogP contribution in [-0.2, 0) is 23.1 Å². The van der Waals surface area contributed by atoms with Crippen molar-refractivity contribution in [3.63, 3.8) is 0 Å². The van der Waals surface area contributed by atoms with E-state index < -0.39 is 10.0 Å². The van der Waals surface area contributed by atoms with Crippen molar-refractivity contribution in [3.8, 4) is 5.75 Å². The van der Waals surface area contributed by atoms with Gasteiger partial charge in [-0.3, -0.25) is 14.4 Å². The molecular weight excluding hydrogens is 518 g/mol. The van der Waals surface area contributed by atoms with E-state index in [2.05, 4.69) is 31.8 Å². The molecule has 2 N–H and O–H groups in total. The predicted molar refractivity (Wildman–Crippen MR) is 149 cm³/mol. The number of aromatic nitrogens is 3. The molecule has 0 aliphatic carbocycles. The summed E-state index contributed by atoms with van der Waals surface area (Å²) in [7, 11) is -1.82. The Morgan fingerprint density at radius 3 is 2.72 bits per heavy atom. The van der Waals surface area contributed by atoms with Gasteiger partial charge in [0.25, 0.3) is 5.91 Å². The zero-order chi connectivity index (χ0) is 27.7. The van der Waals surface area contributed by atoms with Gasteiger partial charge in [-0.25, -0.2) is 23.4 Å². The molecule has 5 rings (SSSR count). The number of methoxy groups -OCH3 is 1. The van der Waals surface area contributed by atoms with Gasteiger partial charge in [-0.1, -0.05) is 6.07 Å². The van der Waals surface area contributed by atoms with Gasteiger partial charge in [0, 0.05) is 67.0 Å². The number of piperidine rings is 1. The van der Waals surface area contributed by atoms with Crippen LogP contribution in [0.2, 0.25) is 0 Å². The topological polar surface area (TPSA) is 130 Å². The lowest BCUT2D eigenvalue weighted by atomic mass is 9.96. The number of fused-ring (bicyclic) bond motifs is 1. The number of benzene rings is 1. The van der Waals surface area contributed by atoms with Crippen molar-refractivity contribution >= 4 is 33.4 Å². The quantitative estimate of drug-likeness (QED) is 0.454. The molecular formula is C27H33N7O4S. The number of hydrogen-bond donors (Lipinski definition) is 2. The molecule has 2 atom stereocenters. The summed E-state index contributed by atoms with van der Waals surface area (Å²) in [4.78, 5) is 30.8. The van der Waals surface area contributed by atoms with Crippen LogP contribution in [0.3, 0.4) is 0 Å². The van der Waals surface area contributed by atoms with Crippen molar-refractivity contribution < 1.29 is 17.9 Å². The standard InChI is InChI=1S/C27H33N7O4S/c1-17-5-6-21(13-24(17)38-3)30-27-29-14-20-15-33(16-23(20)31-27)22-8-10-34(18(2)11-22)26(35)19-7-9-28-25(12-19)32-39(4,36)37/h5-7,9,12-14,18,22H,8,10-11,15-16H2,1-4H3,(H,28,32)(H,29,30,31)/t18-,22?/m1/s1. The van der Waals surface area contributed by atoms with Crippen LogP contribution in [0.1, 0.15) is 46.9 Å². The number of amides is 1. The maximum atomic E-state index is 13.3. The molecule has 2 aliphatic heterocycles. The normalized spacial score (nSPS) is 19.4. The van der Waals surface area contributed by atoms with Gasteiger partial charge < -0.3 is 15.0 Å². The summed E-state index contributed by atoms with van der Waals surface area (Å²) < 4.78 is 30.8. The van der Waals surface area contributed by atoms with E-state index in [1.54, 1.807) is 13.2 Å². The third-order valence-corrected chi connectivity index (χ3v) is 7.85. The molecule has 2 aliphatic rings. The fraction of sp³-hybridized carbons (Fsp3) is 0.407. The van der Waals surface area contributed by atoms with Gasteiger partial charge in [-0.2, -0.15) is 0 Å². The summed E-state index contributed by atoms with van der Waals surface area (Å²) in [5, 5.41) is 3.28. The van der Waals surface area contributed by atoms with Gasteiger partial charge in [0.1, 0.15) is 11.6 Å². The minimum atomic E-state index is -3.48. The van der Waals surface area contributed by atoms with Gasteiger partial charge in [0.15, 0.2) is 0 Å². The highest BCUT2D eigenvalue weighted by atomic mass is 32.2. The molecule has 1 saturated heterocycles. The monoisotopic (exact) mass is 551 g/mol. The second-order valence-corrected chi connectivity index (χ2v) is 12.0. The van der Waals surface area contributed by atoms with Gasteiger partial charge in [-0.05, 0) is 50.5 Å². The number of nitrogens with zero attached hydrogens (tertiary/aromatic N) is 5. The first-order chi connectivity index (χ1) is 18.6. The van der Waals surface area contributed by atoms with E-state index in [0.29, 0.717) is 24.1 Å². The smallest absolute Gasteiger partial charge is 0.254 e. The van der Waals surface area contributed by atoms with Crippen molar-refractivity contribution in [2.24, 2.45) is 0 Å². The molecule has 1 unspecified atom stereocenters. The van der Waals surface area contributed by atoms with Crippen LogP contribution in [-0.4, -0.2) is 71.1 Å². The van der Waals surface area contributed by atoms with E-state index in [0.717, 1.165) is 60.4 Å². The molecule has 3 aromatic rings. The van der Waals surface area contributed by atoms with E-state index in [9.17, 15) is 13.2 Å². The summed E-state index contributed by atoms with van der Waals surface area (Å²) >= 11 is 0. The summed E-state index contributed by atoms with van der Waals surface area (Å²) in [6.45, 7) is 6.19. The molecule has 11 nitrogen and oxygen atoms in total. The molecule has 0 saturated carbocycles. The molecule has 12 heteroatoms. The van der Waals surface area contributed by atoms with E-state index in [-0.39, 0.29) is 17.8 Å². The first-order valence-corrected chi connectivity index (χ1v) is 14.7. The molecule has 0 radical (unpaired) electrons. The number of carbonyl (C=O) groups excluding carboxylic acids is 1. The number of carbonyl (C=O) groups is 1. The average Bonchev–Trinajstić information content (AvgIpc) is 3.32. The van der Waals surface area contributed by atoms with Crippen LogP contribution in [0.4, 0.5) is 17.5 Å². The highest BCUT2D eigenvalue weighted by molar-refractivity contribution is 7.92. The number of pyridine rings is 1. The second-order valence-electron chi connectivity index (χ2n) is 10.2. The zero-order valence-corrected chi connectivity index (χ0v) is 23.3. The minimum Gasteiger partial charge on any atom is -0.496 e. The van der Waals surface area contributed by atoms with Gasteiger partial charge >= 0.3 is 0 Å². The highest BCUT2D eigenvalue weighted by Gasteiger charge is 2.35. The third kappa shape index (κ3) is 6.12. The minimum absolute atomic E-state index is 0.0271. The van der Waals surface area contributed by atoms with Gasteiger partial charge in [-0.15, -0.1) is 0 Å². The van der Waals surface area contributed by atoms with Crippen molar-refractivity contribution in [2.45, 2.75) is 51.9 Å². The van der Waals surface area contributed by atoms with Gasteiger partial charge in [0.05, 0.1) is 19.1 Å². The Balaban J connectivity index is 1.21. The number of nitrogens with one attached hydrogen (secondary N) is 2. The first kappa shape index (κ1) is 26.8. The van der Waals surface area contributed by atoms with E-state index in [1.165, 1.54) is 12.3 Å². The molecule has 0 spiro atoms. The fourth-order valence-electron chi connectivity index (χ4n) is 5.28. The second kappa shape index (κ2) is 10.8. The lowest BCUT2D eigenvalue weighted by molar-refractivity contribution is 0.0460. The van der Waals surface area contributed by atoms with Crippen LogP contribution in [0.25, 0.3) is 0 Å². The SMILES string of the molecule is COc1cc(Nc2ncc3c(n2)CN(C2CCN(C(=O)c4ccnc(NS(C)(=O)=O)c4)[C@H](C)C2)C3)ccc1C. The van der Waals surface area contributed by atoms with Crippen molar-refractivity contribution in [1.82, 2.24) is 24.8 Å². The van der Waals surface area contributed by atoms with Crippen LogP contribution < -0.4 is 14.8 Å². The number of sulfonamides is 1. The predicted octanol–water partition coefficient (Wildman–Crippen LogP) is 3.31. The summed E-state index contributed by atoms with van der Waals surface area (Å²) in [6.07, 6.45) is 6.06. The van der Waals surface area contributed by atoms with E-state index in [1.807, 2.05) is 36.2 Å². The molecule has 206 valence electrons. The van der Waals surface area contributed by atoms with Crippen LogP contribution in [0.5, 0.6) is 5.75 Å². The van der Waals surface area contributed by atoms with Crippen LogP contribution in [0, 0.1) is 6.92 Å². The lowest BCUT2D eigenvalue weighted by Crippen LogP contribution is -2.50. The molecule has 1 aromatic carbocycles. The molecule has 0 bridgehead atoms. The largest absolute Gasteiger partial charge is 0.496 e. The highest BCUT2D eigenvalue weighted by Crippen LogP contribution is 2.31. The van der Waals surface area contributed by atoms with Crippen molar-refractivity contribution in [1.29, 1.82) is 0 Å². The number of hydrogen-bond acceptors (Lipinski definition) is 9. The molecule has 4 heterocycles. The van der Waals surface area contributed by atoms with Crippen LogP contribution in [0.15, 0.2) is 42.7 Å².